The molecule has 3 heterocycles. The Morgan fingerprint density at radius 3 is 1.06 bits per heavy atom. The molecule has 0 spiro atoms. The van der Waals surface area contributed by atoms with Crippen molar-refractivity contribution in [3.8, 4) is 0 Å². The molecule has 0 saturated carbocycles. The van der Waals surface area contributed by atoms with E-state index in [4.69, 9.17) is 28.4 Å². The van der Waals surface area contributed by atoms with Crippen molar-refractivity contribution in [1.82, 2.24) is 5.32 Å². The SMILES string of the molecule is CCCCCCCCCC/C=C/CC/C=C/C(O)C(COC1OC(CO)C(OC2OC(CO)C(OC3OC(CO)C(O)C(O)C3O)C(O)C2O)C(O)C1O)NC(=O)CCCCCCCCCCCCCCCCCCCCCCCCCCCCCCCCCCCCC. The molecule has 554 valence electrons. The Labute approximate surface area is 568 Å². The molecular weight excluding hydrogens is 1200 g/mol. The first-order valence-corrected chi connectivity index (χ1v) is 38.6. The third-order valence-corrected chi connectivity index (χ3v) is 19.5. The molecular formula is C75H141NO18. The number of hydrogen-bond donors (Lipinski definition) is 12. The maximum atomic E-state index is 13.4. The summed E-state index contributed by atoms with van der Waals surface area (Å²) in [6.07, 6.45) is 40.6. The van der Waals surface area contributed by atoms with Crippen LogP contribution in [0.3, 0.4) is 0 Å². The smallest absolute Gasteiger partial charge is 0.220 e. The minimum Gasteiger partial charge on any atom is -0.394 e. The first-order valence-electron chi connectivity index (χ1n) is 38.6. The van der Waals surface area contributed by atoms with Crippen LogP contribution in [0.2, 0.25) is 0 Å². The second kappa shape index (κ2) is 57.0. The second-order valence-corrected chi connectivity index (χ2v) is 27.8. The van der Waals surface area contributed by atoms with E-state index in [1.165, 1.54) is 244 Å². The van der Waals surface area contributed by atoms with Gasteiger partial charge < -0.3 is 89.9 Å². The number of hydrogen-bond acceptors (Lipinski definition) is 18. The van der Waals surface area contributed by atoms with Crippen LogP contribution < -0.4 is 5.32 Å². The van der Waals surface area contributed by atoms with Crippen molar-refractivity contribution in [1.29, 1.82) is 0 Å². The lowest BCUT2D eigenvalue weighted by Gasteiger charge is -2.48. The summed E-state index contributed by atoms with van der Waals surface area (Å²) < 4.78 is 34.3. The molecule has 0 aliphatic carbocycles. The maximum absolute atomic E-state index is 13.4. The minimum absolute atomic E-state index is 0.241. The number of allylic oxidation sites excluding steroid dienone is 3. The summed E-state index contributed by atoms with van der Waals surface area (Å²) in [6, 6.07) is -0.986. The van der Waals surface area contributed by atoms with E-state index in [1.807, 2.05) is 6.08 Å². The summed E-state index contributed by atoms with van der Waals surface area (Å²) in [4.78, 5) is 13.4. The third-order valence-electron chi connectivity index (χ3n) is 19.5. The molecule has 3 aliphatic heterocycles. The Morgan fingerprint density at radius 1 is 0.372 bits per heavy atom. The van der Waals surface area contributed by atoms with Crippen molar-refractivity contribution in [2.45, 2.75) is 420 Å². The number of ether oxygens (including phenoxy) is 6. The van der Waals surface area contributed by atoms with Crippen LogP contribution in [-0.4, -0.2) is 193 Å². The number of amides is 1. The van der Waals surface area contributed by atoms with Gasteiger partial charge in [0, 0.05) is 6.42 Å². The highest BCUT2D eigenvalue weighted by Crippen LogP contribution is 2.33. The number of rotatable bonds is 61. The van der Waals surface area contributed by atoms with Crippen molar-refractivity contribution in [2.24, 2.45) is 0 Å². The van der Waals surface area contributed by atoms with Gasteiger partial charge in [-0.2, -0.15) is 0 Å². The van der Waals surface area contributed by atoms with Crippen LogP contribution in [0, 0.1) is 0 Å². The lowest BCUT2D eigenvalue weighted by molar-refractivity contribution is -0.379. The van der Waals surface area contributed by atoms with Crippen LogP contribution in [0.5, 0.6) is 0 Å². The van der Waals surface area contributed by atoms with Crippen LogP contribution in [0.25, 0.3) is 0 Å². The van der Waals surface area contributed by atoms with E-state index in [2.05, 4.69) is 31.3 Å². The van der Waals surface area contributed by atoms with Gasteiger partial charge in [0.2, 0.25) is 5.91 Å². The lowest BCUT2D eigenvalue weighted by Crippen LogP contribution is -2.66. The fourth-order valence-electron chi connectivity index (χ4n) is 13.3. The van der Waals surface area contributed by atoms with Gasteiger partial charge in [0.1, 0.15) is 73.2 Å². The number of aliphatic hydroxyl groups is 11. The number of aliphatic hydroxyl groups excluding tert-OH is 11. The van der Waals surface area contributed by atoms with Crippen molar-refractivity contribution in [2.75, 3.05) is 26.4 Å². The van der Waals surface area contributed by atoms with Crippen LogP contribution in [0.4, 0.5) is 0 Å². The largest absolute Gasteiger partial charge is 0.394 e. The van der Waals surface area contributed by atoms with Crippen molar-refractivity contribution in [3.05, 3.63) is 24.3 Å². The van der Waals surface area contributed by atoms with Gasteiger partial charge in [-0.15, -0.1) is 0 Å². The van der Waals surface area contributed by atoms with Gasteiger partial charge in [0.15, 0.2) is 18.9 Å². The normalized spacial score (nSPS) is 27.4. The van der Waals surface area contributed by atoms with Crippen molar-refractivity contribution >= 4 is 5.91 Å². The molecule has 19 nitrogen and oxygen atoms in total. The maximum Gasteiger partial charge on any atom is 0.220 e. The fraction of sp³-hybridized carbons (Fsp3) is 0.933. The van der Waals surface area contributed by atoms with Gasteiger partial charge in [-0.3, -0.25) is 4.79 Å². The highest BCUT2D eigenvalue weighted by Gasteiger charge is 2.53. The Bertz CT molecular complexity index is 1800. The van der Waals surface area contributed by atoms with E-state index in [-0.39, 0.29) is 18.9 Å². The molecule has 3 rings (SSSR count). The molecule has 3 fully saturated rings. The summed E-state index contributed by atoms with van der Waals surface area (Å²) in [6.45, 7) is 1.74. The first-order chi connectivity index (χ1) is 45.8. The van der Waals surface area contributed by atoms with Gasteiger partial charge in [-0.05, 0) is 32.1 Å². The van der Waals surface area contributed by atoms with Crippen LogP contribution >= 0.6 is 0 Å². The van der Waals surface area contributed by atoms with Crippen LogP contribution in [0.15, 0.2) is 24.3 Å². The summed E-state index contributed by atoms with van der Waals surface area (Å²) in [5, 5.41) is 121. The molecule has 3 aliphatic rings. The van der Waals surface area contributed by atoms with E-state index in [9.17, 15) is 61.0 Å². The Balaban J connectivity index is 1.32. The molecule has 0 radical (unpaired) electrons. The molecule has 12 N–H and O–H groups in total. The predicted molar refractivity (Wildman–Crippen MR) is 370 cm³/mol. The highest BCUT2D eigenvalue weighted by atomic mass is 16.8. The summed E-state index contributed by atoms with van der Waals surface area (Å²) in [7, 11) is 0. The van der Waals surface area contributed by atoms with Gasteiger partial charge in [0.25, 0.3) is 0 Å². The van der Waals surface area contributed by atoms with Gasteiger partial charge in [0.05, 0.1) is 38.6 Å². The van der Waals surface area contributed by atoms with Gasteiger partial charge in [-0.25, -0.2) is 0 Å². The number of unbranched alkanes of at least 4 members (excludes halogenated alkanes) is 43. The number of carbonyl (C=O) groups excluding carboxylic acids is 1. The summed E-state index contributed by atoms with van der Waals surface area (Å²) >= 11 is 0. The highest BCUT2D eigenvalue weighted by molar-refractivity contribution is 5.76. The monoisotopic (exact) mass is 1340 g/mol. The quantitative estimate of drug-likeness (QED) is 0.0199. The molecule has 1 amide bonds. The molecule has 0 aromatic rings. The number of carbonyl (C=O) groups is 1. The van der Waals surface area contributed by atoms with E-state index >= 15 is 0 Å². The molecule has 3 saturated heterocycles. The Hall–Kier alpha value is -1.73. The van der Waals surface area contributed by atoms with E-state index in [0.29, 0.717) is 12.8 Å². The van der Waals surface area contributed by atoms with E-state index in [1.54, 1.807) is 6.08 Å². The Kier molecular flexibility index (Phi) is 52.4. The number of nitrogens with one attached hydrogen (secondary N) is 1. The van der Waals surface area contributed by atoms with E-state index in [0.717, 1.165) is 38.5 Å². The topological polar surface area (TPSA) is 307 Å². The van der Waals surface area contributed by atoms with E-state index < -0.39 is 124 Å². The van der Waals surface area contributed by atoms with Crippen molar-refractivity contribution in [3.63, 3.8) is 0 Å². The van der Waals surface area contributed by atoms with Crippen molar-refractivity contribution < 1.29 is 89.4 Å². The average molecular weight is 1340 g/mol. The molecule has 0 aromatic carbocycles. The standard InChI is InChI=1S/C75H141NO18/c1-3-5-7-9-11-13-15-17-19-20-21-22-23-24-25-26-27-28-29-30-31-32-33-34-35-36-37-38-39-41-43-45-47-49-51-53-63(81)76-58(59(80)52-50-48-46-44-42-40-18-16-14-12-10-8-6-4-2)57-89-73-69(87)66(84)71(61(55-78)91-73)94-75-70(88)67(85)72(62(56-79)92-75)93-74-68(86)65(83)64(82)60(54-77)90-74/h42,44,50,52,58-62,64-75,77-80,82-88H,3-41,43,45-49,51,53-57H2,1-2H3,(H,76,81)/b44-42+,52-50+. The summed E-state index contributed by atoms with van der Waals surface area (Å²) in [5.74, 6) is -0.280. The minimum atomic E-state index is -1.98. The molecule has 17 unspecified atom stereocenters. The molecule has 0 aromatic heterocycles. The van der Waals surface area contributed by atoms with Gasteiger partial charge in [-0.1, -0.05) is 301 Å². The fourth-order valence-corrected chi connectivity index (χ4v) is 13.3. The lowest BCUT2D eigenvalue weighted by atomic mass is 9.96. The predicted octanol–water partition coefficient (Wildman–Crippen LogP) is 11.8. The zero-order valence-corrected chi connectivity index (χ0v) is 59.0. The van der Waals surface area contributed by atoms with Crippen LogP contribution in [-0.2, 0) is 33.2 Å². The summed E-state index contributed by atoms with van der Waals surface area (Å²) in [5.41, 5.74) is 0. The zero-order chi connectivity index (χ0) is 68.2. The second-order valence-electron chi connectivity index (χ2n) is 27.8. The molecule has 94 heavy (non-hydrogen) atoms. The van der Waals surface area contributed by atoms with Crippen LogP contribution in [0.1, 0.15) is 316 Å². The Morgan fingerprint density at radius 2 is 0.681 bits per heavy atom. The first kappa shape index (κ1) is 86.5. The third kappa shape index (κ3) is 37.6. The molecule has 0 bridgehead atoms. The zero-order valence-electron chi connectivity index (χ0n) is 59.0. The molecule has 19 heteroatoms. The van der Waals surface area contributed by atoms with Gasteiger partial charge >= 0.3 is 0 Å². The molecule has 17 atom stereocenters. The average Bonchev–Trinajstić information content (AvgIpc) is 0.787.